The molecule has 0 aliphatic rings. The Morgan fingerprint density at radius 2 is 2.19 bits per heavy atom. The van der Waals surface area contributed by atoms with E-state index in [1.165, 1.54) is 0 Å². The van der Waals surface area contributed by atoms with Crippen molar-refractivity contribution in [1.82, 2.24) is 5.43 Å². The minimum absolute atomic E-state index is 0.109. The highest BCUT2D eigenvalue weighted by molar-refractivity contribution is 7.80. The first kappa shape index (κ1) is 12.3. The number of nitrogens with one attached hydrogen (secondary N) is 1. The molecule has 0 heterocycles. The topological polar surface area (TPSA) is 68.9 Å². The molecular weight excluding hydrogens is 226 g/mol. The Morgan fingerprint density at radius 1 is 1.44 bits per heavy atom. The second-order valence-electron chi connectivity index (χ2n) is 2.82. The van der Waals surface area contributed by atoms with Gasteiger partial charge in [-0.25, -0.2) is 0 Å². The fourth-order valence-electron chi connectivity index (χ4n) is 1.18. The van der Waals surface area contributed by atoms with Crippen LogP contribution in [0.4, 0.5) is 0 Å². The summed E-state index contributed by atoms with van der Waals surface area (Å²) >= 11 is 4.62. The summed E-state index contributed by atoms with van der Waals surface area (Å²) in [6.45, 7) is 0. The van der Waals surface area contributed by atoms with Crippen LogP contribution in [-0.4, -0.2) is 25.5 Å². The van der Waals surface area contributed by atoms with Crippen LogP contribution >= 0.6 is 12.2 Å². The van der Waals surface area contributed by atoms with E-state index in [0.717, 1.165) is 5.56 Å². The Morgan fingerprint density at radius 3 is 2.75 bits per heavy atom. The highest BCUT2D eigenvalue weighted by Gasteiger charge is 2.06. The summed E-state index contributed by atoms with van der Waals surface area (Å²) in [6, 6.07) is 5.48. The average molecular weight is 239 g/mol. The lowest BCUT2D eigenvalue weighted by Gasteiger charge is -2.09. The van der Waals surface area contributed by atoms with Gasteiger partial charge in [-0.05, 0) is 24.4 Å². The summed E-state index contributed by atoms with van der Waals surface area (Å²) in [5.74, 6) is 1.25. The molecule has 0 bridgehead atoms. The smallest absolute Gasteiger partial charge is 0.184 e. The van der Waals surface area contributed by atoms with Crippen molar-refractivity contribution in [3.05, 3.63) is 23.8 Å². The van der Waals surface area contributed by atoms with Crippen molar-refractivity contribution in [1.29, 1.82) is 0 Å². The lowest BCUT2D eigenvalue weighted by atomic mass is 10.2. The number of para-hydroxylation sites is 1. The van der Waals surface area contributed by atoms with E-state index in [0.29, 0.717) is 11.5 Å². The first-order valence-electron chi connectivity index (χ1n) is 4.48. The number of hydrazone groups is 1. The molecule has 86 valence electrons. The maximum atomic E-state index is 5.23. The van der Waals surface area contributed by atoms with Gasteiger partial charge in [-0.1, -0.05) is 6.07 Å². The number of nitrogens with zero attached hydrogens (tertiary/aromatic N) is 1. The molecule has 0 saturated carbocycles. The SMILES string of the molecule is COc1cccc(/C=N\NC(N)=S)c1OC. The third-order valence-electron chi connectivity index (χ3n) is 1.81. The van der Waals surface area contributed by atoms with E-state index in [-0.39, 0.29) is 5.11 Å². The van der Waals surface area contributed by atoms with Gasteiger partial charge in [0.05, 0.1) is 20.4 Å². The van der Waals surface area contributed by atoms with Crippen LogP contribution in [0.5, 0.6) is 11.5 Å². The van der Waals surface area contributed by atoms with Gasteiger partial charge in [0.15, 0.2) is 16.6 Å². The predicted octanol–water partition coefficient (Wildman–Crippen LogP) is 0.871. The number of methoxy groups -OCH3 is 2. The number of nitrogens with two attached hydrogens (primary N) is 1. The molecule has 0 saturated heterocycles. The molecule has 16 heavy (non-hydrogen) atoms. The molecule has 0 fully saturated rings. The number of benzene rings is 1. The Labute approximate surface area is 99.2 Å². The quantitative estimate of drug-likeness (QED) is 0.463. The van der Waals surface area contributed by atoms with Crippen molar-refractivity contribution in [2.24, 2.45) is 10.8 Å². The predicted molar refractivity (Wildman–Crippen MR) is 67.1 cm³/mol. The number of rotatable bonds is 4. The molecule has 0 aliphatic carbocycles. The molecule has 0 radical (unpaired) electrons. The second kappa shape index (κ2) is 5.92. The number of ether oxygens (including phenoxy) is 2. The molecule has 0 spiro atoms. The van der Waals surface area contributed by atoms with Crippen LogP contribution in [0.15, 0.2) is 23.3 Å². The fourth-order valence-corrected chi connectivity index (χ4v) is 1.23. The molecule has 1 aromatic carbocycles. The van der Waals surface area contributed by atoms with Crippen LogP contribution in [0.25, 0.3) is 0 Å². The van der Waals surface area contributed by atoms with Crippen molar-refractivity contribution in [2.45, 2.75) is 0 Å². The van der Waals surface area contributed by atoms with E-state index in [4.69, 9.17) is 15.2 Å². The monoisotopic (exact) mass is 239 g/mol. The van der Waals surface area contributed by atoms with Gasteiger partial charge in [-0.2, -0.15) is 5.10 Å². The van der Waals surface area contributed by atoms with E-state index in [9.17, 15) is 0 Å². The van der Waals surface area contributed by atoms with Gasteiger partial charge in [-0.3, -0.25) is 5.43 Å². The van der Waals surface area contributed by atoms with Gasteiger partial charge >= 0.3 is 0 Å². The molecule has 1 aromatic rings. The molecule has 0 aliphatic heterocycles. The zero-order chi connectivity index (χ0) is 12.0. The highest BCUT2D eigenvalue weighted by Crippen LogP contribution is 2.29. The first-order chi connectivity index (χ1) is 7.69. The van der Waals surface area contributed by atoms with E-state index >= 15 is 0 Å². The molecule has 1 rings (SSSR count). The summed E-state index contributed by atoms with van der Waals surface area (Å²) in [5, 5.41) is 3.96. The molecule has 0 aromatic heterocycles. The first-order valence-corrected chi connectivity index (χ1v) is 4.89. The molecule has 3 N–H and O–H groups in total. The van der Waals surface area contributed by atoms with E-state index < -0.39 is 0 Å². The Bertz CT molecular complexity index is 407. The van der Waals surface area contributed by atoms with E-state index in [1.54, 1.807) is 26.5 Å². The fraction of sp³-hybridized carbons (Fsp3) is 0.200. The van der Waals surface area contributed by atoms with Crippen molar-refractivity contribution in [2.75, 3.05) is 14.2 Å². The summed E-state index contributed by atoms with van der Waals surface area (Å²) in [7, 11) is 3.14. The van der Waals surface area contributed by atoms with Crippen molar-refractivity contribution >= 4 is 23.5 Å². The highest BCUT2D eigenvalue weighted by atomic mass is 32.1. The van der Waals surface area contributed by atoms with Crippen LogP contribution in [0.1, 0.15) is 5.56 Å². The molecule has 5 nitrogen and oxygen atoms in total. The van der Waals surface area contributed by atoms with Crippen LogP contribution in [-0.2, 0) is 0 Å². The molecule has 0 unspecified atom stereocenters. The summed E-state index contributed by atoms with van der Waals surface area (Å²) < 4.78 is 10.4. The molecule has 0 atom stereocenters. The van der Waals surface area contributed by atoms with E-state index in [1.807, 2.05) is 12.1 Å². The number of hydrogen-bond acceptors (Lipinski definition) is 4. The Hall–Kier alpha value is -1.82. The maximum Gasteiger partial charge on any atom is 0.184 e. The van der Waals surface area contributed by atoms with Crippen LogP contribution in [0.2, 0.25) is 0 Å². The van der Waals surface area contributed by atoms with Gasteiger partial charge in [-0.15, -0.1) is 0 Å². The van der Waals surface area contributed by atoms with Crippen molar-refractivity contribution in [3.8, 4) is 11.5 Å². The van der Waals surface area contributed by atoms with Gasteiger partial charge in [0, 0.05) is 5.56 Å². The summed E-state index contributed by atoms with van der Waals surface area (Å²) in [6.07, 6.45) is 1.56. The lowest BCUT2D eigenvalue weighted by Crippen LogP contribution is -2.24. The zero-order valence-electron chi connectivity index (χ0n) is 9.06. The third kappa shape index (κ3) is 3.09. The Balaban J connectivity index is 2.94. The van der Waals surface area contributed by atoms with Gasteiger partial charge in [0.2, 0.25) is 0 Å². The van der Waals surface area contributed by atoms with Gasteiger partial charge < -0.3 is 15.2 Å². The minimum Gasteiger partial charge on any atom is -0.493 e. The average Bonchev–Trinajstić information content (AvgIpc) is 2.28. The lowest BCUT2D eigenvalue weighted by molar-refractivity contribution is 0.354. The van der Waals surface area contributed by atoms with Crippen LogP contribution in [0.3, 0.4) is 0 Å². The van der Waals surface area contributed by atoms with Crippen molar-refractivity contribution < 1.29 is 9.47 Å². The second-order valence-corrected chi connectivity index (χ2v) is 3.26. The molecule has 6 heteroatoms. The molecule has 0 amide bonds. The normalized spacial score (nSPS) is 10.1. The summed E-state index contributed by atoms with van der Waals surface area (Å²) in [4.78, 5) is 0. The Kier molecular flexibility index (Phi) is 4.53. The third-order valence-corrected chi connectivity index (χ3v) is 1.90. The van der Waals surface area contributed by atoms with E-state index in [2.05, 4.69) is 22.7 Å². The molecular formula is C10H13N3O2S. The van der Waals surface area contributed by atoms with Crippen LogP contribution < -0.4 is 20.6 Å². The maximum absolute atomic E-state index is 5.23. The van der Waals surface area contributed by atoms with Crippen LogP contribution in [0, 0.1) is 0 Å². The zero-order valence-corrected chi connectivity index (χ0v) is 9.88. The minimum atomic E-state index is 0.109. The van der Waals surface area contributed by atoms with Gasteiger partial charge in [0.25, 0.3) is 0 Å². The van der Waals surface area contributed by atoms with Gasteiger partial charge in [0.1, 0.15) is 0 Å². The standard InChI is InChI=1S/C10H13N3O2S/c1-14-8-5-3-4-7(9(8)15-2)6-12-13-10(11)16/h3-6H,1-2H3,(H3,11,13,16)/b12-6-. The van der Waals surface area contributed by atoms with Crippen molar-refractivity contribution in [3.63, 3.8) is 0 Å². The largest absolute Gasteiger partial charge is 0.493 e. The number of thiocarbonyl (C=S) groups is 1. The number of hydrogen-bond donors (Lipinski definition) is 2. The summed E-state index contributed by atoms with van der Waals surface area (Å²) in [5.41, 5.74) is 8.47.